The number of esters is 1. The van der Waals surface area contributed by atoms with Gasteiger partial charge in [0.2, 0.25) is 10.0 Å². The molecule has 0 aliphatic rings. The number of nitrogens with one attached hydrogen (secondary N) is 1. The second kappa shape index (κ2) is 6.48. The topological polar surface area (TPSA) is 128 Å². The van der Waals surface area contributed by atoms with Crippen LogP contribution >= 0.6 is 0 Å². The fourth-order valence-corrected chi connectivity index (χ4v) is 2.56. The zero-order chi connectivity index (χ0) is 15.3. The number of methoxy groups -OCH3 is 1. The average Bonchev–Trinajstić information content (AvgIpc) is 2.79. The summed E-state index contributed by atoms with van der Waals surface area (Å²) in [7, 11) is -1.22. The number of carboxylic acid groups (broad SMARTS) is 1. The summed E-state index contributed by atoms with van der Waals surface area (Å²) in [6.07, 6.45) is 2.29. The van der Waals surface area contributed by atoms with E-state index >= 15 is 0 Å². The molecule has 0 fully saturated rings. The van der Waals surface area contributed by atoms with E-state index in [0.717, 1.165) is 7.11 Å². The van der Waals surface area contributed by atoms with Crippen molar-refractivity contribution in [3.63, 3.8) is 0 Å². The molecule has 112 valence electrons. The van der Waals surface area contributed by atoms with Crippen molar-refractivity contribution in [3.8, 4) is 0 Å². The molecule has 10 heteroatoms. The number of carbonyl (C=O) groups excluding carboxylic acids is 1. The summed E-state index contributed by atoms with van der Waals surface area (Å²) < 4.78 is 31.2. The molecular formula is C10H15N3O6S. The maximum absolute atomic E-state index is 11.7. The van der Waals surface area contributed by atoms with Crippen LogP contribution in [0.25, 0.3) is 0 Å². The number of hydrogen-bond donors (Lipinski definition) is 2. The minimum Gasteiger partial charge on any atom is -0.480 e. The highest BCUT2D eigenvalue weighted by Gasteiger charge is 2.27. The first-order valence-electron chi connectivity index (χ1n) is 5.53. The van der Waals surface area contributed by atoms with Crippen molar-refractivity contribution in [2.75, 3.05) is 12.9 Å². The zero-order valence-corrected chi connectivity index (χ0v) is 11.8. The van der Waals surface area contributed by atoms with Gasteiger partial charge in [-0.15, -0.1) is 0 Å². The number of aliphatic carboxylic acids is 1. The molecule has 1 atom stereocenters. The molecule has 0 aliphatic carbocycles. The molecule has 2 N–H and O–H groups in total. The van der Waals surface area contributed by atoms with Crippen molar-refractivity contribution >= 4 is 22.0 Å². The molecule has 0 saturated heterocycles. The Kier molecular flexibility index (Phi) is 5.22. The monoisotopic (exact) mass is 305 g/mol. The van der Waals surface area contributed by atoms with Gasteiger partial charge in [0.25, 0.3) is 0 Å². The molecular weight excluding hydrogens is 290 g/mol. The smallest absolute Gasteiger partial charge is 0.326 e. The van der Waals surface area contributed by atoms with E-state index in [0.29, 0.717) is 0 Å². The fourth-order valence-electron chi connectivity index (χ4n) is 1.41. The number of aromatic nitrogens is 2. The molecule has 1 heterocycles. The molecule has 0 bridgehead atoms. The van der Waals surface area contributed by atoms with E-state index < -0.39 is 33.8 Å². The van der Waals surface area contributed by atoms with E-state index in [1.54, 1.807) is 7.05 Å². The molecule has 0 radical (unpaired) electrons. The summed E-state index contributed by atoms with van der Waals surface area (Å²) in [4.78, 5) is 22.0. The highest BCUT2D eigenvalue weighted by molar-refractivity contribution is 7.89. The molecule has 1 unspecified atom stereocenters. The van der Waals surface area contributed by atoms with Crippen molar-refractivity contribution in [1.29, 1.82) is 0 Å². The Morgan fingerprint density at radius 2 is 2.20 bits per heavy atom. The molecule has 20 heavy (non-hydrogen) atoms. The lowest BCUT2D eigenvalue weighted by Crippen LogP contribution is -2.35. The van der Waals surface area contributed by atoms with Crippen LogP contribution in [-0.4, -0.2) is 48.1 Å². The SMILES string of the molecule is COC(=O)CCS(=O)(=O)NC(C(=O)O)c1cnn(C)c1. The number of carbonyl (C=O) groups is 2. The highest BCUT2D eigenvalue weighted by atomic mass is 32.2. The van der Waals surface area contributed by atoms with Gasteiger partial charge in [0.05, 0.1) is 25.5 Å². The van der Waals surface area contributed by atoms with Crippen LogP contribution in [0.4, 0.5) is 0 Å². The first-order chi connectivity index (χ1) is 9.25. The number of nitrogens with zero attached hydrogens (tertiary/aromatic N) is 2. The largest absolute Gasteiger partial charge is 0.480 e. The van der Waals surface area contributed by atoms with Crippen LogP contribution in [0.15, 0.2) is 12.4 Å². The molecule has 1 aromatic heterocycles. The summed E-state index contributed by atoms with van der Waals surface area (Å²) >= 11 is 0. The van der Waals surface area contributed by atoms with Gasteiger partial charge in [-0.1, -0.05) is 0 Å². The molecule has 1 aromatic rings. The van der Waals surface area contributed by atoms with Crippen molar-refractivity contribution < 1.29 is 27.9 Å². The number of ether oxygens (including phenoxy) is 1. The average molecular weight is 305 g/mol. The van der Waals surface area contributed by atoms with Crippen molar-refractivity contribution in [2.45, 2.75) is 12.5 Å². The van der Waals surface area contributed by atoms with Crippen molar-refractivity contribution in [1.82, 2.24) is 14.5 Å². The quantitative estimate of drug-likeness (QED) is 0.620. The highest BCUT2D eigenvalue weighted by Crippen LogP contribution is 2.13. The lowest BCUT2D eigenvalue weighted by atomic mass is 10.2. The van der Waals surface area contributed by atoms with Crippen LogP contribution < -0.4 is 4.72 Å². The van der Waals surface area contributed by atoms with E-state index in [9.17, 15) is 18.0 Å². The number of sulfonamides is 1. The Labute approximate surface area is 115 Å². The van der Waals surface area contributed by atoms with Gasteiger partial charge in [0.15, 0.2) is 0 Å². The minimum atomic E-state index is -3.94. The summed E-state index contributed by atoms with van der Waals surface area (Å²) in [6, 6.07) is -1.45. The molecule has 0 saturated carbocycles. The number of rotatable bonds is 7. The number of carboxylic acids is 1. The molecule has 1 rings (SSSR count). The van der Waals surface area contributed by atoms with Crippen LogP contribution in [0.5, 0.6) is 0 Å². The number of hydrogen-bond acceptors (Lipinski definition) is 6. The van der Waals surface area contributed by atoms with Gasteiger partial charge in [0.1, 0.15) is 6.04 Å². The maximum Gasteiger partial charge on any atom is 0.326 e. The first-order valence-corrected chi connectivity index (χ1v) is 7.18. The van der Waals surface area contributed by atoms with E-state index in [1.165, 1.54) is 17.1 Å². The number of aryl methyl sites for hydroxylation is 1. The predicted octanol–water partition coefficient (Wildman–Crippen LogP) is -0.972. The summed E-state index contributed by atoms with van der Waals surface area (Å²) in [6.45, 7) is 0. The molecule has 0 amide bonds. The third-order valence-electron chi connectivity index (χ3n) is 2.41. The standard InChI is InChI=1S/C10H15N3O6S/c1-13-6-7(5-11-13)9(10(15)16)12-20(17,18)4-3-8(14)19-2/h5-6,9,12H,3-4H2,1-2H3,(H,15,16). The fraction of sp³-hybridized carbons (Fsp3) is 0.500. The van der Waals surface area contributed by atoms with E-state index in [1.807, 2.05) is 4.72 Å². The lowest BCUT2D eigenvalue weighted by Gasteiger charge is -2.12. The van der Waals surface area contributed by atoms with Crippen LogP contribution in [0, 0.1) is 0 Å². The Morgan fingerprint density at radius 3 is 2.65 bits per heavy atom. The van der Waals surface area contributed by atoms with Crippen LogP contribution in [0.2, 0.25) is 0 Å². The maximum atomic E-state index is 11.7. The van der Waals surface area contributed by atoms with E-state index in [2.05, 4.69) is 9.84 Å². The molecule has 0 aliphatic heterocycles. The zero-order valence-electron chi connectivity index (χ0n) is 10.9. The van der Waals surface area contributed by atoms with Crippen LogP contribution in [0.1, 0.15) is 18.0 Å². The Morgan fingerprint density at radius 1 is 1.55 bits per heavy atom. The third kappa shape index (κ3) is 4.63. The van der Waals surface area contributed by atoms with E-state index in [-0.39, 0.29) is 12.0 Å². The van der Waals surface area contributed by atoms with Crippen LogP contribution in [0.3, 0.4) is 0 Å². The van der Waals surface area contributed by atoms with E-state index in [4.69, 9.17) is 5.11 Å². The summed E-state index contributed by atoms with van der Waals surface area (Å²) in [5.74, 6) is -2.60. The van der Waals surface area contributed by atoms with Crippen molar-refractivity contribution in [3.05, 3.63) is 18.0 Å². The van der Waals surface area contributed by atoms with Gasteiger partial charge in [-0.25, -0.2) is 8.42 Å². The molecule has 9 nitrogen and oxygen atoms in total. The third-order valence-corrected chi connectivity index (χ3v) is 3.74. The summed E-state index contributed by atoms with van der Waals surface area (Å²) in [5.41, 5.74) is 0.196. The Bertz CT molecular complexity index is 594. The van der Waals surface area contributed by atoms with Crippen LogP contribution in [-0.2, 0) is 31.4 Å². The van der Waals surface area contributed by atoms with Gasteiger partial charge in [-0.05, 0) is 0 Å². The van der Waals surface area contributed by atoms with Crippen molar-refractivity contribution in [2.24, 2.45) is 7.05 Å². The molecule has 0 aromatic carbocycles. The Hall–Kier alpha value is -1.94. The summed E-state index contributed by atoms with van der Waals surface area (Å²) in [5, 5.41) is 12.8. The van der Waals surface area contributed by atoms with Gasteiger partial charge in [0, 0.05) is 18.8 Å². The predicted molar refractivity (Wildman–Crippen MR) is 67.1 cm³/mol. The molecule has 0 spiro atoms. The van der Waals surface area contributed by atoms with Gasteiger partial charge in [-0.2, -0.15) is 9.82 Å². The van der Waals surface area contributed by atoms with Gasteiger partial charge >= 0.3 is 11.9 Å². The first kappa shape index (κ1) is 16.1. The van der Waals surface area contributed by atoms with Gasteiger partial charge < -0.3 is 9.84 Å². The van der Waals surface area contributed by atoms with Gasteiger partial charge in [-0.3, -0.25) is 14.3 Å². The normalized spacial score (nSPS) is 12.9. The second-order valence-electron chi connectivity index (χ2n) is 3.98. The second-order valence-corrected chi connectivity index (χ2v) is 5.85. The minimum absolute atomic E-state index is 0.196. The lowest BCUT2D eigenvalue weighted by molar-refractivity contribution is -0.140. The Balaban J connectivity index is 2.80.